The molecule has 1 saturated heterocycles. The summed E-state index contributed by atoms with van der Waals surface area (Å²) in [5, 5.41) is 2.18. The van der Waals surface area contributed by atoms with E-state index in [1.54, 1.807) is 24.3 Å². The molecular formula is C20H14BrN3O2S2. The molecule has 1 fully saturated rings. The summed E-state index contributed by atoms with van der Waals surface area (Å²) in [5.74, 6) is -0.733. The SMILES string of the molecule is Cn1cc(C=C2SC(=S)N(NC(=O)c3ccc(Br)cc3)C2=O)c2ccccc21. The number of nitrogens with one attached hydrogen (secondary N) is 1. The van der Waals surface area contributed by atoms with Gasteiger partial charge in [-0.15, -0.1) is 0 Å². The quantitative estimate of drug-likeness (QED) is 0.451. The zero-order valence-corrected chi connectivity index (χ0v) is 17.9. The molecule has 0 radical (unpaired) electrons. The number of hydrogen-bond donors (Lipinski definition) is 1. The van der Waals surface area contributed by atoms with E-state index < -0.39 is 5.91 Å². The molecule has 0 spiro atoms. The predicted octanol–water partition coefficient (Wildman–Crippen LogP) is 4.49. The van der Waals surface area contributed by atoms with Gasteiger partial charge in [0.25, 0.3) is 11.8 Å². The van der Waals surface area contributed by atoms with Gasteiger partial charge in [0.05, 0.1) is 4.91 Å². The van der Waals surface area contributed by atoms with Crippen LogP contribution in [0.1, 0.15) is 15.9 Å². The monoisotopic (exact) mass is 471 g/mol. The van der Waals surface area contributed by atoms with E-state index in [2.05, 4.69) is 21.4 Å². The largest absolute Gasteiger partial charge is 0.350 e. The number of nitrogens with zero attached hydrogens (tertiary/aromatic N) is 2. The van der Waals surface area contributed by atoms with Crippen LogP contribution in [-0.2, 0) is 11.8 Å². The normalized spacial score (nSPS) is 15.6. The number of fused-ring (bicyclic) bond motifs is 1. The van der Waals surface area contributed by atoms with Gasteiger partial charge >= 0.3 is 0 Å². The predicted molar refractivity (Wildman–Crippen MR) is 120 cm³/mol. The van der Waals surface area contributed by atoms with Crippen LogP contribution in [0.4, 0.5) is 0 Å². The molecule has 1 aromatic heterocycles. The molecule has 5 nitrogen and oxygen atoms in total. The first-order valence-electron chi connectivity index (χ1n) is 8.32. The Hall–Kier alpha value is -2.42. The molecule has 0 aliphatic carbocycles. The molecule has 0 saturated carbocycles. The molecule has 0 unspecified atom stereocenters. The van der Waals surface area contributed by atoms with E-state index >= 15 is 0 Å². The average Bonchev–Trinajstić information content (AvgIpc) is 3.14. The minimum atomic E-state index is -0.393. The third-order valence-corrected chi connectivity index (χ3v) is 6.16. The van der Waals surface area contributed by atoms with Crippen LogP contribution in [-0.4, -0.2) is 25.7 Å². The lowest BCUT2D eigenvalue weighted by molar-refractivity contribution is -0.123. The standard InChI is InChI=1S/C20H14BrN3O2S2/c1-23-11-13(15-4-2-3-5-16(15)23)10-17-19(26)24(20(27)28-17)22-18(25)12-6-8-14(21)9-7-12/h2-11H,1H3,(H,22,25). The second kappa shape index (κ2) is 7.54. The molecule has 1 N–H and O–H groups in total. The first-order valence-corrected chi connectivity index (χ1v) is 10.3. The minimum Gasteiger partial charge on any atom is -0.350 e. The van der Waals surface area contributed by atoms with Crippen molar-refractivity contribution in [3.8, 4) is 0 Å². The lowest BCUT2D eigenvalue weighted by atomic mass is 10.1. The topological polar surface area (TPSA) is 54.3 Å². The zero-order valence-electron chi connectivity index (χ0n) is 14.7. The Morgan fingerprint density at radius 2 is 1.89 bits per heavy atom. The van der Waals surface area contributed by atoms with Gasteiger partial charge in [0.1, 0.15) is 0 Å². The summed E-state index contributed by atoms with van der Waals surface area (Å²) >= 11 is 9.80. The summed E-state index contributed by atoms with van der Waals surface area (Å²) in [6.07, 6.45) is 3.78. The van der Waals surface area contributed by atoms with Gasteiger partial charge < -0.3 is 4.57 Å². The highest BCUT2D eigenvalue weighted by Gasteiger charge is 2.34. The molecule has 1 aliphatic heterocycles. The number of para-hydroxylation sites is 1. The van der Waals surface area contributed by atoms with Crippen molar-refractivity contribution in [2.75, 3.05) is 0 Å². The Kier molecular flexibility index (Phi) is 5.09. The lowest BCUT2D eigenvalue weighted by Gasteiger charge is -2.15. The number of benzene rings is 2. The summed E-state index contributed by atoms with van der Waals surface area (Å²) in [4.78, 5) is 25.7. The van der Waals surface area contributed by atoms with Gasteiger partial charge in [-0.25, -0.2) is 0 Å². The van der Waals surface area contributed by atoms with Crippen molar-refractivity contribution < 1.29 is 9.59 Å². The van der Waals surface area contributed by atoms with Crippen LogP contribution in [0.5, 0.6) is 0 Å². The maximum absolute atomic E-state index is 12.8. The number of hydrazine groups is 1. The van der Waals surface area contributed by atoms with Gasteiger partial charge in [0.2, 0.25) is 0 Å². The van der Waals surface area contributed by atoms with Crippen LogP contribution in [0.3, 0.4) is 0 Å². The highest BCUT2D eigenvalue weighted by atomic mass is 79.9. The van der Waals surface area contributed by atoms with Crippen molar-refractivity contribution in [2.45, 2.75) is 0 Å². The van der Waals surface area contributed by atoms with Crippen LogP contribution in [0.15, 0.2) is 64.1 Å². The summed E-state index contributed by atoms with van der Waals surface area (Å²) < 4.78 is 3.17. The maximum atomic E-state index is 12.8. The van der Waals surface area contributed by atoms with Crippen molar-refractivity contribution >= 4 is 73.0 Å². The Morgan fingerprint density at radius 3 is 2.64 bits per heavy atom. The Morgan fingerprint density at radius 1 is 1.18 bits per heavy atom. The number of thioether (sulfide) groups is 1. The van der Waals surface area contributed by atoms with Crippen LogP contribution in [0.2, 0.25) is 0 Å². The minimum absolute atomic E-state index is 0.293. The van der Waals surface area contributed by atoms with Gasteiger partial charge in [-0.1, -0.05) is 45.9 Å². The highest BCUT2D eigenvalue weighted by Crippen LogP contribution is 2.33. The molecule has 28 heavy (non-hydrogen) atoms. The van der Waals surface area contributed by atoms with Crippen molar-refractivity contribution in [2.24, 2.45) is 7.05 Å². The van der Waals surface area contributed by atoms with Crippen molar-refractivity contribution in [3.63, 3.8) is 0 Å². The summed E-state index contributed by atoms with van der Waals surface area (Å²) in [7, 11) is 1.96. The molecule has 2 aromatic carbocycles. The fraction of sp³-hybridized carbons (Fsp3) is 0.0500. The van der Waals surface area contributed by atoms with Crippen molar-refractivity contribution in [1.82, 2.24) is 15.0 Å². The van der Waals surface area contributed by atoms with Gasteiger partial charge in [-0.3, -0.25) is 15.0 Å². The van der Waals surface area contributed by atoms with E-state index in [4.69, 9.17) is 12.2 Å². The van der Waals surface area contributed by atoms with E-state index in [1.807, 2.05) is 48.2 Å². The molecule has 8 heteroatoms. The van der Waals surface area contributed by atoms with E-state index in [9.17, 15) is 9.59 Å². The molecule has 4 rings (SSSR count). The zero-order chi connectivity index (χ0) is 19.8. The number of amides is 2. The molecule has 2 amide bonds. The Labute approximate surface area is 179 Å². The number of halogens is 1. The molecule has 2 heterocycles. The van der Waals surface area contributed by atoms with E-state index in [0.717, 1.165) is 25.9 Å². The Balaban J connectivity index is 1.59. The number of thiocarbonyl (C=S) groups is 1. The van der Waals surface area contributed by atoms with Gasteiger partial charge in [-0.2, -0.15) is 5.01 Å². The molecule has 1 aliphatic rings. The first-order chi connectivity index (χ1) is 13.4. The Bertz CT molecular complexity index is 1150. The van der Waals surface area contributed by atoms with Crippen LogP contribution in [0.25, 0.3) is 17.0 Å². The molecular weight excluding hydrogens is 458 g/mol. The average molecular weight is 472 g/mol. The highest BCUT2D eigenvalue weighted by molar-refractivity contribution is 9.10. The molecule has 0 bridgehead atoms. The van der Waals surface area contributed by atoms with Gasteiger partial charge in [0.15, 0.2) is 4.32 Å². The number of carbonyl (C=O) groups excluding carboxylic acids is 2. The second-order valence-electron chi connectivity index (χ2n) is 6.18. The van der Waals surface area contributed by atoms with Gasteiger partial charge in [0, 0.05) is 39.7 Å². The van der Waals surface area contributed by atoms with Crippen LogP contribution < -0.4 is 5.43 Å². The summed E-state index contributed by atoms with van der Waals surface area (Å²) in [6, 6.07) is 14.8. The third kappa shape index (κ3) is 3.50. The fourth-order valence-corrected chi connectivity index (χ4v) is 4.40. The number of rotatable bonds is 3. The van der Waals surface area contributed by atoms with Crippen LogP contribution in [0, 0.1) is 0 Å². The van der Waals surface area contributed by atoms with Crippen molar-refractivity contribution in [1.29, 1.82) is 0 Å². The second-order valence-corrected chi connectivity index (χ2v) is 8.77. The van der Waals surface area contributed by atoms with Crippen LogP contribution >= 0.6 is 39.9 Å². The van der Waals surface area contributed by atoms with E-state index in [-0.39, 0.29) is 5.91 Å². The van der Waals surface area contributed by atoms with Gasteiger partial charge in [-0.05, 0) is 48.6 Å². The number of carbonyl (C=O) groups is 2. The molecule has 3 aromatic rings. The lowest BCUT2D eigenvalue weighted by Crippen LogP contribution is -2.44. The summed E-state index contributed by atoms with van der Waals surface area (Å²) in [5.41, 5.74) is 5.04. The number of aromatic nitrogens is 1. The third-order valence-electron chi connectivity index (χ3n) is 4.33. The van der Waals surface area contributed by atoms with E-state index in [0.29, 0.717) is 14.8 Å². The number of aryl methyl sites for hydroxylation is 1. The molecule has 0 atom stereocenters. The molecule has 140 valence electrons. The van der Waals surface area contributed by atoms with Crippen molar-refractivity contribution in [3.05, 3.63) is 75.2 Å². The smallest absolute Gasteiger partial charge is 0.285 e. The maximum Gasteiger partial charge on any atom is 0.285 e. The first kappa shape index (κ1) is 18.9. The number of hydrogen-bond acceptors (Lipinski definition) is 4. The summed E-state index contributed by atoms with van der Waals surface area (Å²) in [6.45, 7) is 0. The van der Waals surface area contributed by atoms with E-state index in [1.165, 1.54) is 11.8 Å². The fourth-order valence-electron chi connectivity index (χ4n) is 2.96.